The van der Waals surface area contributed by atoms with Gasteiger partial charge in [-0.1, -0.05) is 15.9 Å². The molecule has 0 aromatic heterocycles. The second-order valence-electron chi connectivity index (χ2n) is 3.75. The van der Waals surface area contributed by atoms with Gasteiger partial charge in [0.1, 0.15) is 11.8 Å². The van der Waals surface area contributed by atoms with Gasteiger partial charge in [0.2, 0.25) is 0 Å². The van der Waals surface area contributed by atoms with Crippen LogP contribution < -0.4 is 11.1 Å². The molecule has 1 aliphatic carbocycles. The number of carbonyl (C=O) groups is 1. The van der Waals surface area contributed by atoms with E-state index < -0.39 is 0 Å². The topological polar surface area (TPSA) is 64.3 Å². The monoisotopic (exact) mass is 260 g/mol. The normalized spacial score (nSPS) is 33.1. The molecule has 14 heavy (non-hydrogen) atoms. The largest absolute Gasteiger partial charge is 0.394 e. The molecule has 5 heteroatoms. The van der Waals surface area contributed by atoms with E-state index >= 15 is 0 Å². The van der Waals surface area contributed by atoms with Gasteiger partial charge in [-0.25, -0.2) is 0 Å². The molecule has 78 valence electrons. The van der Waals surface area contributed by atoms with Crippen LogP contribution in [0.5, 0.6) is 0 Å². The van der Waals surface area contributed by atoms with Gasteiger partial charge in [0.15, 0.2) is 0 Å². The predicted molar refractivity (Wildman–Crippen MR) is 55.6 cm³/mol. The van der Waals surface area contributed by atoms with Gasteiger partial charge in [-0.2, -0.15) is 0 Å². The smallest absolute Gasteiger partial charge is 0.268 e. The predicted octanol–water partition coefficient (Wildman–Crippen LogP) is 0.475. The Morgan fingerprint density at radius 3 is 2.71 bits per heavy atom. The summed E-state index contributed by atoms with van der Waals surface area (Å²) in [5, 5.41) is 2.88. The zero-order valence-corrected chi connectivity index (χ0v) is 9.50. The van der Waals surface area contributed by atoms with Crippen LogP contribution in [0.15, 0.2) is 10.2 Å². The number of rotatable bonds is 2. The molecule has 3 N–H and O–H groups in total. The third kappa shape index (κ3) is 1.54. The highest BCUT2D eigenvalue weighted by molar-refractivity contribution is 9.11. The number of halogens is 1. The zero-order valence-electron chi connectivity index (χ0n) is 7.92. The van der Waals surface area contributed by atoms with Crippen LogP contribution in [0, 0.1) is 5.92 Å². The van der Waals surface area contributed by atoms with Crippen LogP contribution in [0.2, 0.25) is 0 Å². The SMILES string of the molecule is COC1C(Br)=C(N)C(=O)NC1C1CC1. The molecular formula is C9H13BrN2O2. The summed E-state index contributed by atoms with van der Waals surface area (Å²) in [6.07, 6.45) is 2.19. The first-order chi connectivity index (χ1) is 6.65. The van der Waals surface area contributed by atoms with Gasteiger partial charge in [-0.3, -0.25) is 4.79 Å². The van der Waals surface area contributed by atoms with Crippen LogP contribution >= 0.6 is 15.9 Å². The van der Waals surface area contributed by atoms with Crippen molar-refractivity contribution < 1.29 is 9.53 Å². The highest BCUT2D eigenvalue weighted by Gasteiger charge is 2.42. The van der Waals surface area contributed by atoms with Gasteiger partial charge < -0.3 is 15.8 Å². The quantitative estimate of drug-likeness (QED) is 0.759. The van der Waals surface area contributed by atoms with Gasteiger partial charge in [-0.05, 0) is 18.8 Å². The second-order valence-corrected chi connectivity index (χ2v) is 4.61. The molecule has 0 radical (unpaired) electrons. The van der Waals surface area contributed by atoms with Crippen molar-refractivity contribution in [2.45, 2.75) is 25.0 Å². The van der Waals surface area contributed by atoms with E-state index in [-0.39, 0.29) is 23.8 Å². The van der Waals surface area contributed by atoms with Crippen molar-refractivity contribution in [2.24, 2.45) is 11.7 Å². The van der Waals surface area contributed by atoms with Crippen molar-refractivity contribution in [3.8, 4) is 0 Å². The molecule has 1 amide bonds. The maximum Gasteiger partial charge on any atom is 0.268 e. The molecule has 2 atom stereocenters. The number of hydrogen-bond acceptors (Lipinski definition) is 3. The molecule has 2 rings (SSSR count). The van der Waals surface area contributed by atoms with E-state index in [1.165, 1.54) is 0 Å². The number of nitrogens with one attached hydrogen (secondary N) is 1. The summed E-state index contributed by atoms with van der Waals surface area (Å²) in [6.45, 7) is 0. The van der Waals surface area contributed by atoms with Crippen molar-refractivity contribution in [1.82, 2.24) is 5.32 Å². The Kier molecular flexibility index (Phi) is 2.53. The fourth-order valence-electron chi connectivity index (χ4n) is 1.79. The van der Waals surface area contributed by atoms with E-state index in [2.05, 4.69) is 21.2 Å². The summed E-state index contributed by atoms with van der Waals surface area (Å²) in [4.78, 5) is 11.4. The van der Waals surface area contributed by atoms with Crippen LogP contribution in [0.25, 0.3) is 0 Å². The Morgan fingerprint density at radius 2 is 2.21 bits per heavy atom. The molecule has 0 aromatic carbocycles. The van der Waals surface area contributed by atoms with Crippen LogP contribution in [0.3, 0.4) is 0 Å². The molecule has 2 aliphatic rings. The molecule has 2 unspecified atom stereocenters. The minimum Gasteiger partial charge on any atom is -0.394 e. The van der Waals surface area contributed by atoms with E-state index in [0.717, 1.165) is 12.8 Å². The number of carbonyl (C=O) groups excluding carboxylic acids is 1. The lowest BCUT2D eigenvalue weighted by Gasteiger charge is -2.31. The molecule has 1 fully saturated rings. The molecule has 4 nitrogen and oxygen atoms in total. The summed E-state index contributed by atoms with van der Waals surface area (Å²) in [5.41, 5.74) is 5.84. The fourth-order valence-corrected chi connectivity index (χ4v) is 2.45. The lowest BCUT2D eigenvalue weighted by Crippen LogP contribution is -2.52. The van der Waals surface area contributed by atoms with Crippen molar-refractivity contribution in [3.05, 3.63) is 10.2 Å². The Bertz CT molecular complexity index is 299. The molecule has 1 saturated carbocycles. The third-order valence-electron chi connectivity index (χ3n) is 2.76. The van der Waals surface area contributed by atoms with Gasteiger partial charge >= 0.3 is 0 Å². The highest BCUT2D eigenvalue weighted by atomic mass is 79.9. The number of methoxy groups -OCH3 is 1. The lowest BCUT2D eigenvalue weighted by molar-refractivity contribution is -0.120. The minimum atomic E-state index is -0.193. The Labute approximate surface area is 91.0 Å². The highest BCUT2D eigenvalue weighted by Crippen LogP contribution is 2.39. The van der Waals surface area contributed by atoms with Gasteiger partial charge in [0, 0.05) is 7.11 Å². The van der Waals surface area contributed by atoms with Crippen LogP contribution in [-0.2, 0) is 9.53 Å². The van der Waals surface area contributed by atoms with Gasteiger partial charge in [0.25, 0.3) is 5.91 Å². The second kappa shape index (κ2) is 3.55. The molecule has 0 bridgehead atoms. The van der Waals surface area contributed by atoms with E-state index in [9.17, 15) is 4.79 Å². The maximum absolute atomic E-state index is 11.4. The van der Waals surface area contributed by atoms with Crippen LogP contribution in [-0.4, -0.2) is 25.2 Å². The summed E-state index contributed by atoms with van der Waals surface area (Å²) in [6, 6.07) is 0.0779. The van der Waals surface area contributed by atoms with E-state index in [1.807, 2.05) is 0 Å². The minimum absolute atomic E-state index is 0.0779. The maximum atomic E-state index is 11.4. The van der Waals surface area contributed by atoms with Crippen molar-refractivity contribution in [2.75, 3.05) is 7.11 Å². The summed E-state index contributed by atoms with van der Waals surface area (Å²) in [7, 11) is 1.63. The third-order valence-corrected chi connectivity index (χ3v) is 3.64. The Morgan fingerprint density at radius 1 is 1.57 bits per heavy atom. The standard InChI is InChI=1S/C9H13BrN2O2/c1-14-8-5(10)6(11)9(13)12-7(8)4-2-3-4/h4,7-8H,2-3,11H2,1H3,(H,12,13). The molecule has 1 aliphatic heterocycles. The van der Waals surface area contributed by atoms with E-state index in [4.69, 9.17) is 10.5 Å². The fraction of sp³-hybridized carbons (Fsp3) is 0.667. The van der Waals surface area contributed by atoms with Crippen molar-refractivity contribution in [1.29, 1.82) is 0 Å². The number of hydrogen-bond donors (Lipinski definition) is 2. The van der Waals surface area contributed by atoms with Gasteiger partial charge in [0.05, 0.1) is 10.5 Å². The number of amides is 1. The first-order valence-electron chi connectivity index (χ1n) is 4.64. The molecule has 0 saturated heterocycles. The average molecular weight is 261 g/mol. The number of nitrogens with two attached hydrogens (primary N) is 1. The first kappa shape index (κ1) is 9.98. The summed E-state index contributed by atoms with van der Waals surface area (Å²) in [5.74, 6) is 0.353. The van der Waals surface area contributed by atoms with Crippen molar-refractivity contribution >= 4 is 21.8 Å². The van der Waals surface area contributed by atoms with Crippen LogP contribution in [0.1, 0.15) is 12.8 Å². The van der Waals surface area contributed by atoms with E-state index in [1.54, 1.807) is 7.11 Å². The lowest BCUT2D eigenvalue weighted by atomic mass is 10.0. The molecule has 0 aromatic rings. The van der Waals surface area contributed by atoms with E-state index in [0.29, 0.717) is 10.4 Å². The molecule has 1 heterocycles. The Hall–Kier alpha value is -0.550. The number of ether oxygens (including phenoxy) is 1. The average Bonchev–Trinajstić information content (AvgIpc) is 2.97. The van der Waals surface area contributed by atoms with Gasteiger partial charge in [-0.15, -0.1) is 0 Å². The summed E-state index contributed by atoms with van der Waals surface area (Å²) >= 11 is 3.33. The van der Waals surface area contributed by atoms with Crippen molar-refractivity contribution in [3.63, 3.8) is 0 Å². The zero-order chi connectivity index (χ0) is 10.3. The molecule has 0 spiro atoms. The van der Waals surface area contributed by atoms with Crippen LogP contribution in [0.4, 0.5) is 0 Å². The Balaban J connectivity index is 2.26. The first-order valence-corrected chi connectivity index (χ1v) is 5.43. The summed E-state index contributed by atoms with van der Waals surface area (Å²) < 4.78 is 6.02. The molecular weight excluding hydrogens is 248 g/mol.